The van der Waals surface area contributed by atoms with Crippen LogP contribution in [0.3, 0.4) is 0 Å². The van der Waals surface area contributed by atoms with Crippen molar-refractivity contribution in [3.63, 3.8) is 0 Å². The Balaban J connectivity index is 1.69. The van der Waals surface area contributed by atoms with E-state index in [0.717, 1.165) is 23.1 Å². The first-order valence-corrected chi connectivity index (χ1v) is 9.28. The van der Waals surface area contributed by atoms with Crippen LogP contribution in [0.1, 0.15) is 31.7 Å². The molecule has 0 heterocycles. The SMILES string of the molecule is CC(C)S(=O)(=O)NC1CC1c1ccc(-c2ccc(F)cc2)cc1. The molecule has 0 radical (unpaired) electrons. The molecule has 1 aliphatic rings. The molecule has 0 spiro atoms. The topological polar surface area (TPSA) is 46.2 Å². The predicted molar refractivity (Wildman–Crippen MR) is 90.2 cm³/mol. The molecule has 1 aliphatic carbocycles. The molecular weight excluding hydrogens is 313 g/mol. The average molecular weight is 333 g/mol. The van der Waals surface area contributed by atoms with Crippen LogP contribution < -0.4 is 4.72 Å². The molecule has 0 bridgehead atoms. The molecule has 3 nitrogen and oxygen atoms in total. The fourth-order valence-corrected chi connectivity index (χ4v) is 3.56. The van der Waals surface area contributed by atoms with E-state index in [-0.39, 0.29) is 17.8 Å². The van der Waals surface area contributed by atoms with E-state index >= 15 is 0 Å². The summed E-state index contributed by atoms with van der Waals surface area (Å²) in [7, 11) is -3.22. The van der Waals surface area contributed by atoms with Crippen molar-refractivity contribution in [2.45, 2.75) is 37.5 Å². The first kappa shape index (κ1) is 16.1. The molecular formula is C18H20FNO2S. The number of halogens is 1. The van der Waals surface area contributed by atoms with Crippen LogP contribution in [0.15, 0.2) is 48.5 Å². The summed E-state index contributed by atoms with van der Waals surface area (Å²) in [6.07, 6.45) is 0.835. The molecule has 2 aromatic rings. The molecule has 2 unspecified atom stereocenters. The summed E-state index contributed by atoms with van der Waals surface area (Å²) in [5.41, 5.74) is 3.12. The van der Waals surface area contributed by atoms with Gasteiger partial charge in [0.05, 0.1) is 5.25 Å². The molecule has 5 heteroatoms. The van der Waals surface area contributed by atoms with E-state index in [0.29, 0.717) is 0 Å². The van der Waals surface area contributed by atoms with Crippen LogP contribution in [0.5, 0.6) is 0 Å². The third-order valence-corrected chi connectivity index (χ3v) is 6.12. The van der Waals surface area contributed by atoms with Crippen molar-refractivity contribution >= 4 is 10.0 Å². The minimum Gasteiger partial charge on any atom is -0.212 e. The molecule has 0 amide bonds. The zero-order chi connectivity index (χ0) is 16.6. The van der Waals surface area contributed by atoms with Crippen LogP contribution in [-0.4, -0.2) is 19.7 Å². The minimum atomic E-state index is -3.22. The minimum absolute atomic E-state index is 0.000860. The summed E-state index contributed by atoms with van der Waals surface area (Å²) < 4.78 is 39.5. The smallest absolute Gasteiger partial charge is 0.212 e. The molecule has 2 aromatic carbocycles. The Bertz CT molecular complexity index is 783. The lowest BCUT2D eigenvalue weighted by atomic mass is 10.0. The lowest BCUT2D eigenvalue weighted by Gasteiger charge is -2.09. The molecule has 0 aromatic heterocycles. The standard InChI is InChI=1S/C18H20FNO2S/c1-12(2)23(21,22)20-18-11-17(18)15-5-3-13(4-6-15)14-7-9-16(19)10-8-14/h3-10,12,17-18,20H,11H2,1-2H3. The second-order valence-electron chi connectivity index (χ2n) is 6.29. The summed E-state index contributed by atoms with van der Waals surface area (Å²) in [6, 6.07) is 14.4. The second-order valence-corrected chi connectivity index (χ2v) is 8.56. The van der Waals surface area contributed by atoms with Gasteiger partial charge >= 0.3 is 0 Å². The molecule has 0 saturated heterocycles. The Morgan fingerprint density at radius 1 is 1.00 bits per heavy atom. The first-order valence-electron chi connectivity index (χ1n) is 7.74. The highest BCUT2D eigenvalue weighted by Crippen LogP contribution is 2.41. The molecule has 2 atom stereocenters. The molecule has 122 valence electrons. The molecule has 1 N–H and O–H groups in total. The molecule has 23 heavy (non-hydrogen) atoms. The van der Waals surface area contributed by atoms with Gasteiger partial charge in [-0.05, 0) is 49.1 Å². The molecule has 1 saturated carbocycles. The largest absolute Gasteiger partial charge is 0.214 e. The van der Waals surface area contributed by atoms with E-state index in [1.54, 1.807) is 26.0 Å². The quantitative estimate of drug-likeness (QED) is 0.907. The highest BCUT2D eigenvalue weighted by Gasteiger charge is 2.41. The fourth-order valence-electron chi connectivity index (χ4n) is 2.61. The van der Waals surface area contributed by atoms with Gasteiger partial charge in [-0.2, -0.15) is 0 Å². The van der Waals surface area contributed by atoms with Crippen molar-refractivity contribution < 1.29 is 12.8 Å². The van der Waals surface area contributed by atoms with E-state index in [1.807, 2.05) is 24.3 Å². The van der Waals surface area contributed by atoms with Crippen molar-refractivity contribution in [2.75, 3.05) is 0 Å². The zero-order valence-electron chi connectivity index (χ0n) is 13.2. The highest BCUT2D eigenvalue weighted by atomic mass is 32.2. The van der Waals surface area contributed by atoms with Gasteiger partial charge in [0.2, 0.25) is 10.0 Å². The van der Waals surface area contributed by atoms with Crippen molar-refractivity contribution in [1.29, 1.82) is 0 Å². The van der Waals surface area contributed by atoms with E-state index in [9.17, 15) is 12.8 Å². The maximum Gasteiger partial charge on any atom is 0.214 e. The zero-order valence-corrected chi connectivity index (χ0v) is 14.0. The van der Waals surface area contributed by atoms with E-state index < -0.39 is 15.3 Å². The lowest BCUT2D eigenvalue weighted by molar-refractivity contribution is 0.571. The number of hydrogen-bond acceptors (Lipinski definition) is 2. The fraction of sp³-hybridized carbons (Fsp3) is 0.333. The lowest BCUT2D eigenvalue weighted by Crippen LogP contribution is -2.33. The third-order valence-electron chi connectivity index (χ3n) is 4.24. The highest BCUT2D eigenvalue weighted by molar-refractivity contribution is 7.90. The maximum atomic E-state index is 13.0. The van der Waals surface area contributed by atoms with Gasteiger partial charge < -0.3 is 0 Å². The Labute approximate surface area is 136 Å². The average Bonchev–Trinajstić information content (AvgIpc) is 3.26. The van der Waals surface area contributed by atoms with Crippen LogP contribution in [0.25, 0.3) is 11.1 Å². The number of rotatable bonds is 5. The van der Waals surface area contributed by atoms with Gasteiger partial charge in [0.1, 0.15) is 5.82 Å². The Morgan fingerprint density at radius 2 is 1.52 bits per heavy atom. The predicted octanol–water partition coefficient (Wildman–Crippen LogP) is 3.68. The normalized spacial score (nSPS) is 20.7. The van der Waals surface area contributed by atoms with Gasteiger partial charge in [-0.25, -0.2) is 17.5 Å². The third kappa shape index (κ3) is 3.62. The Morgan fingerprint density at radius 3 is 2.04 bits per heavy atom. The Kier molecular flexibility index (Phi) is 4.25. The number of benzene rings is 2. The maximum absolute atomic E-state index is 13.0. The van der Waals surface area contributed by atoms with Gasteiger partial charge in [0.25, 0.3) is 0 Å². The van der Waals surface area contributed by atoms with Gasteiger partial charge in [-0.1, -0.05) is 36.4 Å². The number of hydrogen-bond donors (Lipinski definition) is 1. The summed E-state index contributed by atoms with van der Waals surface area (Å²) in [5, 5.41) is -0.412. The van der Waals surface area contributed by atoms with Crippen LogP contribution in [0.4, 0.5) is 4.39 Å². The van der Waals surface area contributed by atoms with Crippen LogP contribution >= 0.6 is 0 Å². The van der Waals surface area contributed by atoms with Gasteiger partial charge in [-0.15, -0.1) is 0 Å². The molecule has 0 aliphatic heterocycles. The van der Waals surface area contributed by atoms with Crippen LogP contribution in [0, 0.1) is 5.82 Å². The first-order chi connectivity index (χ1) is 10.9. The molecule has 1 fully saturated rings. The summed E-state index contributed by atoms with van der Waals surface area (Å²) >= 11 is 0. The van der Waals surface area contributed by atoms with Crippen molar-refractivity contribution in [3.05, 3.63) is 59.9 Å². The Hall–Kier alpha value is -1.72. The van der Waals surface area contributed by atoms with Crippen molar-refractivity contribution in [2.24, 2.45) is 0 Å². The van der Waals surface area contributed by atoms with E-state index in [4.69, 9.17) is 0 Å². The van der Waals surface area contributed by atoms with Crippen LogP contribution in [-0.2, 0) is 10.0 Å². The van der Waals surface area contributed by atoms with E-state index in [1.165, 1.54) is 12.1 Å². The number of nitrogens with one attached hydrogen (secondary N) is 1. The summed E-state index contributed by atoms with van der Waals surface area (Å²) in [5.74, 6) is -0.00517. The molecule has 3 rings (SSSR count). The van der Waals surface area contributed by atoms with Gasteiger partial charge in [0.15, 0.2) is 0 Å². The van der Waals surface area contributed by atoms with E-state index in [2.05, 4.69) is 4.72 Å². The monoisotopic (exact) mass is 333 g/mol. The van der Waals surface area contributed by atoms with Crippen LogP contribution in [0.2, 0.25) is 0 Å². The van der Waals surface area contributed by atoms with Crippen molar-refractivity contribution in [3.8, 4) is 11.1 Å². The van der Waals surface area contributed by atoms with Gasteiger partial charge in [-0.3, -0.25) is 0 Å². The second kappa shape index (κ2) is 6.06. The summed E-state index contributed by atoms with van der Waals surface area (Å²) in [4.78, 5) is 0. The summed E-state index contributed by atoms with van der Waals surface area (Å²) in [6.45, 7) is 3.36. The van der Waals surface area contributed by atoms with Crippen molar-refractivity contribution in [1.82, 2.24) is 4.72 Å². The van der Waals surface area contributed by atoms with Gasteiger partial charge in [0, 0.05) is 12.0 Å². The number of sulfonamides is 1.